The van der Waals surface area contributed by atoms with Gasteiger partial charge in [0.2, 0.25) is 0 Å². The summed E-state index contributed by atoms with van der Waals surface area (Å²) in [6.07, 6.45) is 0. The van der Waals surface area contributed by atoms with Crippen LogP contribution in [0.3, 0.4) is 0 Å². The molecule has 0 radical (unpaired) electrons. The minimum absolute atomic E-state index is 0.878. The maximum Gasteiger partial charge on any atom is 0.135 e. The van der Waals surface area contributed by atoms with E-state index in [0.717, 1.165) is 78.8 Å². The van der Waals surface area contributed by atoms with Crippen LogP contribution in [0.1, 0.15) is 0 Å². The summed E-state index contributed by atoms with van der Waals surface area (Å²) in [5.74, 6) is 0. The quantitative estimate of drug-likeness (QED) is 0.122. The van der Waals surface area contributed by atoms with E-state index in [1.165, 1.54) is 153 Å². The van der Waals surface area contributed by atoms with Crippen LogP contribution >= 0.6 is 11.3 Å². The van der Waals surface area contributed by atoms with E-state index in [2.05, 4.69) is 466 Å². The Morgan fingerprint density at radius 3 is 1.05 bits per heavy atom. The molecule has 0 aliphatic carbocycles. The highest BCUT2D eigenvalue weighted by molar-refractivity contribution is 7.25. The molecule has 580 valence electrons. The molecular formula is C116H74N6OS. The van der Waals surface area contributed by atoms with Gasteiger partial charge >= 0.3 is 0 Å². The molecule has 8 heteroatoms. The number of fused-ring (bicyclic) bond motifs is 16. The van der Waals surface area contributed by atoms with Crippen molar-refractivity contribution in [2.75, 3.05) is 19.6 Å². The van der Waals surface area contributed by atoms with E-state index in [-0.39, 0.29) is 0 Å². The lowest BCUT2D eigenvalue weighted by atomic mass is 9.87. The van der Waals surface area contributed by atoms with Gasteiger partial charge in [-0.15, -0.1) is 11.3 Å². The molecule has 0 unspecified atom stereocenters. The molecule has 2 aliphatic rings. The molecule has 0 bridgehead atoms. The number of thiophene rings is 1. The number of hydrogen-bond donors (Lipinski definition) is 0. The first-order valence-corrected chi connectivity index (χ1v) is 43.2. The van der Waals surface area contributed by atoms with Gasteiger partial charge in [-0.1, -0.05) is 255 Å². The fourth-order valence-electron chi connectivity index (χ4n) is 20.0. The Labute approximate surface area is 719 Å². The lowest BCUT2D eigenvalue weighted by Gasteiger charge is -2.34. The summed E-state index contributed by atoms with van der Waals surface area (Å²) in [6, 6.07) is 163. The molecule has 6 heterocycles. The van der Waals surface area contributed by atoms with E-state index in [9.17, 15) is 0 Å². The van der Waals surface area contributed by atoms with Gasteiger partial charge in [0.25, 0.3) is 0 Å². The predicted octanol–water partition coefficient (Wildman–Crippen LogP) is 33.3. The van der Waals surface area contributed by atoms with Crippen molar-refractivity contribution >= 4 is 187 Å². The summed E-state index contributed by atoms with van der Waals surface area (Å²) in [7, 11) is 0. The third-order valence-corrected chi connectivity index (χ3v) is 26.5. The van der Waals surface area contributed by atoms with Crippen molar-refractivity contribution in [1.82, 2.24) is 9.13 Å². The van der Waals surface area contributed by atoms with Crippen LogP contribution in [0.5, 0.6) is 0 Å². The second-order valence-corrected chi connectivity index (χ2v) is 33.3. The summed E-state index contributed by atoms with van der Waals surface area (Å²) in [5.41, 5.74) is 32.2. The zero-order valence-electron chi connectivity index (χ0n) is 67.2. The molecule has 0 saturated carbocycles. The van der Waals surface area contributed by atoms with Crippen molar-refractivity contribution in [1.29, 1.82) is 0 Å². The number of para-hydroxylation sites is 9. The molecule has 20 aromatic carbocycles. The lowest BCUT2D eigenvalue weighted by Crippen LogP contribution is -2.14. The van der Waals surface area contributed by atoms with E-state index >= 15 is 0 Å². The molecule has 0 saturated heterocycles. The highest BCUT2D eigenvalue weighted by Gasteiger charge is 2.31. The summed E-state index contributed by atoms with van der Waals surface area (Å²) in [4.78, 5) is 9.63. The molecule has 0 fully saturated rings. The summed E-state index contributed by atoms with van der Waals surface area (Å²) in [6.45, 7) is 0. The van der Waals surface area contributed by atoms with E-state index in [0.29, 0.717) is 0 Å². The second-order valence-electron chi connectivity index (χ2n) is 32.2. The highest BCUT2D eigenvalue weighted by atomic mass is 32.1. The molecule has 124 heavy (non-hydrogen) atoms. The minimum atomic E-state index is 0.878. The molecule has 4 aromatic heterocycles. The van der Waals surface area contributed by atoms with Gasteiger partial charge in [-0.25, -0.2) is 0 Å². The van der Waals surface area contributed by atoms with E-state index in [4.69, 9.17) is 4.42 Å². The van der Waals surface area contributed by atoms with Crippen molar-refractivity contribution in [2.24, 2.45) is 0 Å². The fourth-order valence-corrected chi connectivity index (χ4v) is 21.0. The van der Waals surface area contributed by atoms with Crippen molar-refractivity contribution in [3.63, 3.8) is 0 Å². The van der Waals surface area contributed by atoms with E-state index in [1.54, 1.807) is 0 Å². The Balaban J connectivity index is 0.000000136. The molecule has 0 spiro atoms. The van der Waals surface area contributed by atoms with Gasteiger partial charge in [0.1, 0.15) is 11.2 Å². The van der Waals surface area contributed by atoms with Gasteiger partial charge < -0.3 is 33.2 Å². The number of nitrogens with zero attached hydrogens (tertiary/aromatic N) is 6. The Hall–Kier alpha value is -16.3. The molecule has 2 aliphatic heterocycles. The van der Waals surface area contributed by atoms with Gasteiger partial charge in [0.15, 0.2) is 0 Å². The SMILES string of the molecule is c1ccc(N2c3ccccc3-c3ccc(-c4ccc(N(c5ccc6oc7ccccc7c6c5)c5ccc6c(c5)c5ccccc5n6-c5ccccc5)cc4)c4cccc2c34)cc1.c1ccc(N2c3ccccc3-c3ccc(-c4ccc(N(c5ccc6sc7ccccc7c6c5)c5ccc6c(c5)c5ccccc5n6-c5ccccc5)cc4)c4cccc2c34)cc1. The van der Waals surface area contributed by atoms with Crippen molar-refractivity contribution < 1.29 is 4.42 Å². The van der Waals surface area contributed by atoms with Gasteiger partial charge in [0.05, 0.1) is 44.8 Å². The Kier molecular flexibility index (Phi) is 16.4. The highest BCUT2D eigenvalue weighted by Crippen LogP contribution is 2.56. The zero-order chi connectivity index (χ0) is 81.5. The van der Waals surface area contributed by atoms with Crippen molar-refractivity contribution in [2.45, 2.75) is 0 Å². The molecule has 26 rings (SSSR count). The monoisotopic (exact) mass is 1600 g/mol. The van der Waals surface area contributed by atoms with Crippen LogP contribution in [0.15, 0.2) is 453 Å². The van der Waals surface area contributed by atoms with Crippen LogP contribution in [-0.2, 0) is 0 Å². The minimum Gasteiger partial charge on any atom is -0.456 e. The molecule has 7 nitrogen and oxygen atoms in total. The lowest BCUT2D eigenvalue weighted by molar-refractivity contribution is 0.669. The number of benzene rings is 20. The fraction of sp³-hybridized carbons (Fsp3) is 0. The predicted molar refractivity (Wildman–Crippen MR) is 524 cm³/mol. The van der Waals surface area contributed by atoms with Crippen LogP contribution in [0.2, 0.25) is 0 Å². The average Bonchev–Trinajstić information content (AvgIpc) is 1.39. The molecular weight excluding hydrogens is 1530 g/mol. The first-order chi connectivity index (χ1) is 61.5. The molecule has 0 amide bonds. The maximum atomic E-state index is 6.31. The van der Waals surface area contributed by atoms with E-state index < -0.39 is 0 Å². The zero-order valence-corrected chi connectivity index (χ0v) is 68.0. The number of rotatable bonds is 12. The number of aromatic nitrogens is 2. The number of furan rings is 1. The first-order valence-electron chi connectivity index (χ1n) is 42.4. The number of hydrogen-bond acceptors (Lipinski definition) is 6. The Morgan fingerprint density at radius 2 is 0.540 bits per heavy atom. The summed E-state index contributed by atoms with van der Waals surface area (Å²) in [5, 5.41) is 14.7. The summed E-state index contributed by atoms with van der Waals surface area (Å²) < 4.78 is 13.7. The van der Waals surface area contributed by atoms with Gasteiger partial charge in [-0.2, -0.15) is 0 Å². The largest absolute Gasteiger partial charge is 0.456 e. The molecule has 0 atom stereocenters. The van der Waals surface area contributed by atoms with Crippen LogP contribution in [-0.4, -0.2) is 9.13 Å². The third-order valence-electron chi connectivity index (χ3n) is 25.4. The standard InChI is InChI=1S/C58H37N3O.C58H37N3S/c2*1-3-14-39(15-4-1)60-53-23-11-8-19-46(53)50-36-42(30-34-54(50)60)59(43-31-35-57-51(37-43)47-20-9-12-25-56(47)62-57)41-28-26-38(27-29-41)44-32-33-49-45-18-7-10-22-52(45)61(40-16-5-2-6-17-40)55-24-13-21-48(44)58(49)55/h2*1-37H. The number of anilines is 12. The van der Waals surface area contributed by atoms with Crippen LogP contribution in [0, 0.1) is 0 Å². The Bertz CT molecular complexity index is 7890. The Morgan fingerprint density at radius 1 is 0.194 bits per heavy atom. The van der Waals surface area contributed by atoms with E-state index in [1.807, 2.05) is 23.5 Å². The van der Waals surface area contributed by atoms with Gasteiger partial charge in [0, 0.05) is 131 Å². The first kappa shape index (κ1) is 70.7. The maximum absolute atomic E-state index is 6.31. The van der Waals surface area contributed by atoms with Crippen LogP contribution in [0.4, 0.5) is 68.2 Å². The van der Waals surface area contributed by atoms with Gasteiger partial charge in [-0.3, -0.25) is 0 Å². The molecule has 24 aromatic rings. The topological polar surface area (TPSA) is 36.0 Å². The smallest absolute Gasteiger partial charge is 0.135 e. The summed E-state index contributed by atoms with van der Waals surface area (Å²) >= 11 is 1.86. The van der Waals surface area contributed by atoms with Crippen molar-refractivity contribution in [3.8, 4) is 55.9 Å². The van der Waals surface area contributed by atoms with Gasteiger partial charge in [-0.05, 0) is 238 Å². The second kappa shape index (κ2) is 28.8. The van der Waals surface area contributed by atoms with Crippen LogP contribution in [0.25, 0.3) is 163 Å². The average molecular weight is 1600 g/mol. The molecule has 0 N–H and O–H groups in total. The normalized spacial score (nSPS) is 12.2. The third kappa shape index (κ3) is 11.3. The van der Waals surface area contributed by atoms with Crippen LogP contribution < -0.4 is 19.6 Å². The van der Waals surface area contributed by atoms with Crippen molar-refractivity contribution in [3.05, 3.63) is 449 Å².